The third kappa shape index (κ3) is 3.79. The zero-order chi connectivity index (χ0) is 17.2. The smallest absolute Gasteiger partial charge is 0.406 e. The molecular weight excluding hydrogens is 321 g/mol. The van der Waals surface area contributed by atoms with Crippen molar-refractivity contribution in [3.05, 3.63) is 54.2 Å². The molecule has 1 aromatic heterocycles. The number of benzene rings is 1. The summed E-state index contributed by atoms with van der Waals surface area (Å²) in [4.78, 5) is 6.32. The van der Waals surface area contributed by atoms with E-state index in [0.29, 0.717) is 31.5 Å². The molecule has 2 heterocycles. The van der Waals surface area contributed by atoms with Gasteiger partial charge in [-0.2, -0.15) is 0 Å². The highest BCUT2D eigenvalue weighted by molar-refractivity contribution is 5.40. The van der Waals surface area contributed by atoms with Crippen molar-refractivity contribution in [3.63, 3.8) is 0 Å². The lowest BCUT2D eigenvalue weighted by atomic mass is 9.84. The highest BCUT2D eigenvalue weighted by Gasteiger charge is 2.36. The molecular formula is C17H17F3N2O2. The first-order valence-corrected chi connectivity index (χ1v) is 7.60. The summed E-state index contributed by atoms with van der Waals surface area (Å²) in [6, 6.07) is 11.2. The van der Waals surface area contributed by atoms with Crippen molar-refractivity contribution in [1.82, 2.24) is 4.98 Å². The average molecular weight is 338 g/mol. The molecule has 4 nitrogen and oxygen atoms in total. The summed E-state index contributed by atoms with van der Waals surface area (Å²) in [5, 5.41) is 10.8. The molecule has 1 aliphatic rings. The maximum absolute atomic E-state index is 12.4. The number of hydrogen-bond acceptors (Lipinski definition) is 4. The fraction of sp³-hybridized carbons (Fsp3) is 0.353. The van der Waals surface area contributed by atoms with Gasteiger partial charge in [0, 0.05) is 19.3 Å². The predicted molar refractivity (Wildman–Crippen MR) is 82.7 cm³/mol. The van der Waals surface area contributed by atoms with Crippen LogP contribution in [0.3, 0.4) is 0 Å². The number of hydrogen-bond donors (Lipinski definition) is 1. The second kappa shape index (κ2) is 6.32. The Labute approximate surface area is 137 Å². The monoisotopic (exact) mass is 338 g/mol. The summed E-state index contributed by atoms with van der Waals surface area (Å²) >= 11 is 0. The Bertz CT molecular complexity index is 684. The summed E-state index contributed by atoms with van der Waals surface area (Å²) in [6.45, 7) is 1.13. The molecule has 1 saturated heterocycles. The third-order valence-corrected chi connectivity index (χ3v) is 4.17. The number of rotatable bonds is 3. The Kier molecular flexibility index (Phi) is 4.36. The number of aromatic nitrogens is 1. The van der Waals surface area contributed by atoms with Gasteiger partial charge in [0.15, 0.2) is 0 Å². The molecule has 24 heavy (non-hydrogen) atoms. The maximum Gasteiger partial charge on any atom is 0.573 e. The number of anilines is 1. The summed E-state index contributed by atoms with van der Waals surface area (Å²) in [7, 11) is 0. The average Bonchev–Trinajstić information content (AvgIpc) is 2.55. The van der Waals surface area contributed by atoms with Gasteiger partial charge in [-0.25, -0.2) is 4.98 Å². The second-order valence-corrected chi connectivity index (χ2v) is 5.78. The van der Waals surface area contributed by atoms with Crippen molar-refractivity contribution < 1.29 is 23.0 Å². The van der Waals surface area contributed by atoms with Crippen LogP contribution in [-0.2, 0) is 5.60 Å². The lowest BCUT2D eigenvalue weighted by Gasteiger charge is -2.39. The number of piperidine rings is 1. The Hall–Kier alpha value is -2.28. The molecule has 0 unspecified atom stereocenters. The van der Waals surface area contributed by atoms with E-state index in [1.165, 1.54) is 18.2 Å². The summed E-state index contributed by atoms with van der Waals surface area (Å²) in [6.07, 6.45) is -2.24. The van der Waals surface area contributed by atoms with Crippen molar-refractivity contribution in [2.45, 2.75) is 24.8 Å². The van der Waals surface area contributed by atoms with Crippen LogP contribution in [0.25, 0.3) is 0 Å². The van der Waals surface area contributed by atoms with Crippen LogP contribution in [-0.4, -0.2) is 29.5 Å². The van der Waals surface area contributed by atoms with Crippen LogP contribution in [0.1, 0.15) is 18.4 Å². The van der Waals surface area contributed by atoms with Crippen LogP contribution in [0.4, 0.5) is 19.0 Å². The van der Waals surface area contributed by atoms with Crippen LogP contribution in [0.5, 0.6) is 5.75 Å². The van der Waals surface area contributed by atoms with Crippen molar-refractivity contribution >= 4 is 5.82 Å². The standard InChI is InChI=1S/C17H17F3N2O2/c18-17(19,20)24-14-5-3-4-13(12-14)16(23)7-10-22(11-8-16)15-6-1-2-9-21-15/h1-6,9,12,23H,7-8,10-11H2. The lowest BCUT2D eigenvalue weighted by Crippen LogP contribution is -2.43. The van der Waals surface area contributed by atoms with E-state index < -0.39 is 12.0 Å². The summed E-state index contributed by atoms with van der Waals surface area (Å²) in [5.74, 6) is 0.509. The molecule has 0 aliphatic carbocycles. The highest BCUT2D eigenvalue weighted by Crippen LogP contribution is 2.36. The molecule has 7 heteroatoms. The van der Waals surface area contributed by atoms with E-state index in [0.717, 1.165) is 5.82 Å². The van der Waals surface area contributed by atoms with Gasteiger partial charge in [0.2, 0.25) is 0 Å². The summed E-state index contributed by atoms with van der Waals surface area (Å²) < 4.78 is 41.0. The van der Waals surface area contributed by atoms with Gasteiger partial charge in [-0.1, -0.05) is 18.2 Å². The minimum atomic E-state index is -4.75. The largest absolute Gasteiger partial charge is 0.573 e. The molecule has 0 amide bonds. The van der Waals surface area contributed by atoms with E-state index in [1.807, 2.05) is 23.1 Å². The van der Waals surface area contributed by atoms with Gasteiger partial charge >= 0.3 is 6.36 Å². The molecule has 1 N–H and O–H groups in total. The van der Waals surface area contributed by atoms with Crippen LogP contribution in [0.15, 0.2) is 48.7 Å². The van der Waals surface area contributed by atoms with Crippen molar-refractivity contribution in [2.24, 2.45) is 0 Å². The van der Waals surface area contributed by atoms with E-state index in [-0.39, 0.29) is 5.75 Å². The van der Waals surface area contributed by atoms with Gasteiger partial charge in [0.1, 0.15) is 11.6 Å². The molecule has 128 valence electrons. The SMILES string of the molecule is OC1(c2cccc(OC(F)(F)F)c2)CCN(c2ccccn2)CC1. The molecule has 0 atom stereocenters. The first kappa shape index (κ1) is 16.6. The number of aliphatic hydroxyl groups is 1. The number of pyridine rings is 1. The van der Waals surface area contributed by atoms with Crippen molar-refractivity contribution in [1.29, 1.82) is 0 Å². The molecule has 1 aliphatic heterocycles. The second-order valence-electron chi connectivity index (χ2n) is 5.78. The molecule has 3 rings (SSSR count). The maximum atomic E-state index is 12.4. The number of nitrogens with zero attached hydrogens (tertiary/aromatic N) is 2. The van der Waals surface area contributed by atoms with Crippen LogP contribution in [0.2, 0.25) is 0 Å². The van der Waals surface area contributed by atoms with E-state index in [1.54, 1.807) is 12.3 Å². The van der Waals surface area contributed by atoms with E-state index in [9.17, 15) is 18.3 Å². The highest BCUT2D eigenvalue weighted by atomic mass is 19.4. The van der Waals surface area contributed by atoms with E-state index in [4.69, 9.17) is 0 Å². The van der Waals surface area contributed by atoms with Crippen molar-refractivity contribution in [3.8, 4) is 5.75 Å². The van der Waals surface area contributed by atoms with Crippen LogP contribution < -0.4 is 9.64 Å². The molecule has 0 bridgehead atoms. The topological polar surface area (TPSA) is 45.6 Å². The predicted octanol–water partition coefficient (Wildman–Crippen LogP) is 3.47. The normalized spacial score (nSPS) is 17.6. The van der Waals surface area contributed by atoms with E-state index in [2.05, 4.69) is 9.72 Å². The van der Waals surface area contributed by atoms with Gasteiger partial charge in [-0.15, -0.1) is 13.2 Å². The minimum Gasteiger partial charge on any atom is -0.406 e. The molecule has 0 saturated carbocycles. The fourth-order valence-corrected chi connectivity index (χ4v) is 2.92. The Balaban J connectivity index is 1.73. The van der Waals surface area contributed by atoms with Gasteiger partial charge in [0.25, 0.3) is 0 Å². The number of alkyl halides is 3. The zero-order valence-electron chi connectivity index (χ0n) is 12.8. The number of halogens is 3. The van der Waals surface area contributed by atoms with Crippen molar-refractivity contribution in [2.75, 3.05) is 18.0 Å². The zero-order valence-corrected chi connectivity index (χ0v) is 12.8. The molecule has 1 fully saturated rings. The Morgan fingerprint density at radius 2 is 1.83 bits per heavy atom. The third-order valence-electron chi connectivity index (χ3n) is 4.17. The van der Waals surface area contributed by atoms with Crippen LogP contribution >= 0.6 is 0 Å². The molecule has 1 aromatic carbocycles. The number of ether oxygens (including phenoxy) is 1. The molecule has 2 aromatic rings. The minimum absolute atomic E-state index is 0.319. The van der Waals surface area contributed by atoms with Gasteiger partial charge in [0.05, 0.1) is 5.60 Å². The van der Waals surface area contributed by atoms with Gasteiger partial charge in [-0.3, -0.25) is 0 Å². The first-order chi connectivity index (χ1) is 11.4. The van der Waals surface area contributed by atoms with E-state index >= 15 is 0 Å². The first-order valence-electron chi connectivity index (χ1n) is 7.60. The quantitative estimate of drug-likeness (QED) is 0.931. The van der Waals surface area contributed by atoms with Gasteiger partial charge in [-0.05, 0) is 42.7 Å². The molecule has 0 spiro atoms. The van der Waals surface area contributed by atoms with Crippen LogP contribution in [0, 0.1) is 0 Å². The fourth-order valence-electron chi connectivity index (χ4n) is 2.92. The Morgan fingerprint density at radius 3 is 2.46 bits per heavy atom. The van der Waals surface area contributed by atoms with Gasteiger partial charge < -0.3 is 14.7 Å². The summed E-state index contributed by atoms with van der Waals surface area (Å²) in [5.41, 5.74) is -0.735. The lowest BCUT2D eigenvalue weighted by molar-refractivity contribution is -0.274. The Morgan fingerprint density at radius 1 is 1.08 bits per heavy atom. The molecule has 0 radical (unpaired) electrons.